The van der Waals surface area contributed by atoms with Crippen molar-refractivity contribution in [3.8, 4) is 0 Å². The molecule has 70 valence electrons. The topological polar surface area (TPSA) is 12.0 Å². The minimum atomic E-state index is 0.613. The van der Waals surface area contributed by atoms with Crippen LogP contribution in [0.15, 0.2) is 0 Å². The third-order valence-electron chi connectivity index (χ3n) is 2.66. The predicted molar refractivity (Wildman–Crippen MR) is 57.4 cm³/mol. The highest BCUT2D eigenvalue weighted by Crippen LogP contribution is 2.20. The van der Waals surface area contributed by atoms with Crippen LogP contribution in [0.2, 0.25) is 0 Å². The molecular formula is C10H19NS. The molecule has 0 aromatic carbocycles. The Morgan fingerprint density at radius 1 is 1.42 bits per heavy atom. The van der Waals surface area contributed by atoms with Gasteiger partial charge in [0.2, 0.25) is 0 Å². The van der Waals surface area contributed by atoms with Crippen molar-refractivity contribution in [2.24, 2.45) is 11.8 Å². The lowest BCUT2D eigenvalue weighted by molar-refractivity contribution is 0.407. The van der Waals surface area contributed by atoms with Crippen molar-refractivity contribution in [2.75, 3.05) is 0 Å². The van der Waals surface area contributed by atoms with Crippen LogP contribution in [0.5, 0.6) is 0 Å². The van der Waals surface area contributed by atoms with Gasteiger partial charge in [-0.3, -0.25) is 0 Å². The summed E-state index contributed by atoms with van der Waals surface area (Å²) in [5, 5.41) is 3.44. The lowest BCUT2D eigenvalue weighted by Gasteiger charge is -2.20. The number of hydrogen-bond acceptors (Lipinski definition) is 1. The van der Waals surface area contributed by atoms with Gasteiger partial charge in [-0.15, -0.1) is 0 Å². The summed E-state index contributed by atoms with van der Waals surface area (Å²) < 4.78 is 0. The van der Waals surface area contributed by atoms with Crippen molar-refractivity contribution in [3.05, 3.63) is 0 Å². The highest BCUT2D eigenvalue weighted by Gasteiger charge is 2.20. The Morgan fingerprint density at radius 2 is 2.08 bits per heavy atom. The Morgan fingerprint density at radius 3 is 2.67 bits per heavy atom. The molecule has 1 aliphatic rings. The number of thiocarbonyl (C=S) groups is 1. The van der Waals surface area contributed by atoms with Gasteiger partial charge in [0.25, 0.3) is 0 Å². The second kappa shape index (κ2) is 4.22. The minimum Gasteiger partial charge on any atom is -0.377 e. The van der Waals surface area contributed by atoms with E-state index in [0.29, 0.717) is 12.0 Å². The zero-order valence-electron chi connectivity index (χ0n) is 8.26. The van der Waals surface area contributed by atoms with Gasteiger partial charge in [0, 0.05) is 12.5 Å². The highest BCUT2D eigenvalue weighted by molar-refractivity contribution is 7.80. The predicted octanol–water partition coefficient (Wildman–Crippen LogP) is 2.75. The molecule has 0 bridgehead atoms. The van der Waals surface area contributed by atoms with E-state index in [1.807, 2.05) is 0 Å². The van der Waals surface area contributed by atoms with Crippen molar-refractivity contribution < 1.29 is 0 Å². The molecule has 1 nitrogen and oxygen atoms in total. The fourth-order valence-corrected chi connectivity index (χ4v) is 2.16. The lowest BCUT2D eigenvalue weighted by atomic mass is 9.96. The van der Waals surface area contributed by atoms with Crippen molar-refractivity contribution >= 4 is 17.2 Å². The van der Waals surface area contributed by atoms with E-state index in [2.05, 4.69) is 26.1 Å². The van der Waals surface area contributed by atoms with E-state index in [1.165, 1.54) is 12.8 Å². The maximum absolute atomic E-state index is 5.25. The third kappa shape index (κ3) is 2.74. The van der Waals surface area contributed by atoms with Crippen LogP contribution in [0.4, 0.5) is 0 Å². The first-order chi connectivity index (χ1) is 5.59. The van der Waals surface area contributed by atoms with Gasteiger partial charge in [-0.05, 0) is 24.7 Å². The molecule has 12 heavy (non-hydrogen) atoms. The third-order valence-corrected chi connectivity index (χ3v) is 2.94. The average molecular weight is 185 g/mol. The van der Waals surface area contributed by atoms with Gasteiger partial charge in [-0.25, -0.2) is 0 Å². The second-order valence-corrected chi connectivity index (χ2v) is 4.80. The van der Waals surface area contributed by atoms with Gasteiger partial charge in [-0.2, -0.15) is 0 Å². The molecule has 0 aromatic heterocycles. The molecule has 1 fully saturated rings. The zero-order chi connectivity index (χ0) is 9.14. The highest BCUT2D eigenvalue weighted by atomic mass is 32.1. The fraction of sp³-hybridized carbons (Fsp3) is 0.900. The molecule has 1 rings (SSSR count). The molecular weight excluding hydrogens is 166 g/mol. The first-order valence-corrected chi connectivity index (χ1v) is 5.29. The van der Waals surface area contributed by atoms with Crippen molar-refractivity contribution in [1.82, 2.24) is 5.32 Å². The van der Waals surface area contributed by atoms with Gasteiger partial charge < -0.3 is 5.32 Å². The van der Waals surface area contributed by atoms with Crippen LogP contribution in [-0.4, -0.2) is 11.0 Å². The second-order valence-electron chi connectivity index (χ2n) is 4.30. The summed E-state index contributed by atoms with van der Waals surface area (Å²) in [6.45, 7) is 6.81. The SMILES string of the molecule is CC1CCC(C(C)C)NC(=S)C1. The standard InChI is InChI=1S/C10H19NS/c1-7(2)9-5-4-8(3)6-10(12)11-9/h7-9H,4-6H2,1-3H3,(H,11,12). The Hall–Kier alpha value is -0.110. The van der Waals surface area contributed by atoms with Crippen LogP contribution in [0.25, 0.3) is 0 Å². The van der Waals surface area contributed by atoms with E-state index in [9.17, 15) is 0 Å². The number of rotatable bonds is 1. The summed E-state index contributed by atoms with van der Waals surface area (Å²) in [6.07, 6.45) is 3.67. The molecule has 1 heterocycles. The molecule has 2 heteroatoms. The fourth-order valence-electron chi connectivity index (χ4n) is 1.72. The van der Waals surface area contributed by atoms with E-state index >= 15 is 0 Å². The summed E-state index contributed by atoms with van der Waals surface area (Å²) in [4.78, 5) is 1.07. The van der Waals surface area contributed by atoms with Crippen LogP contribution in [-0.2, 0) is 0 Å². The zero-order valence-corrected chi connectivity index (χ0v) is 9.08. The molecule has 2 atom stereocenters. The van der Waals surface area contributed by atoms with Crippen molar-refractivity contribution in [1.29, 1.82) is 0 Å². The van der Waals surface area contributed by atoms with E-state index < -0.39 is 0 Å². The minimum absolute atomic E-state index is 0.613. The van der Waals surface area contributed by atoms with Gasteiger partial charge in [-0.1, -0.05) is 33.0 Å². The summed E-state index contributed by atoms with van der Waals surface area (Å²) in [5.74, 6) is 1.47. The molecule has 1 aliphatic heterocycles. The first-order valence-electron chi connectivity index (χ1n) is 4.89. The number of hydrogen-bond donors (Lipinski definition) is 1. The van der Waals surface area contributed by atoms with Gasteiger partial charge in [0.15, 0.2) is 0 Å². The lowest BCUT2D eigenvalue weighted by Crippen LogP contribution is -2.35. The molecule has 0 aromatic rings. The monoisotopic (exact) mass is 185 g/mol. The smallest absolute Gasteiger partial charge is 0.0758 e. The molecule has 0 radical (unpaired) electrons. The Labute approximate surface area is 80.9 Å². The van der Waals surface area contributed by atoms with Crippen LogP contribution in [0, 0.1) is 11.8 Å². The summed E-state index contributed by atoms with van der Waals surface area (Å²) in [6, 6.07) is 0.613. The van der Waals surface area contributed by atoms with Crippen LogP contribution in [0.1, 0.15) is 40.0 Å². The van der Waals surface area contributed by atoms with Crippen molar-refractivity contribution in [2.45, 2.75) is 46.1 Å². The quantitative estimate of drug-likeness (QED) is 0.630. The molecule has 0 spiro atoms. The summed E-state index contributed by atoms with van der Waals surface area (Å²) in [5.41, 5.74) is 0. The molecule has 0 aliphatic carbocycles. The maximum Gasteiger partial charge on any atom is 0.0758 e. The molecule has 0 saturated carbocycles. The molecule has 1 saturated heterocycles. The molecule has 0 amide bonds. The van der Waals surface area contributed by atoms with Gasteiger partial charge in [0.1, 0.15) is 0 Å². The van der Waals surface area contributed by atoms with E-state index in [4.69, 9.17) is 12.2 Å². The Bertz CT molecular complexity index is 165. The molecule has 2 unspecified atom stereocenters. The Kier molecular flexibility index (Phi) is 3.51. The largest absolute Gasteiger partial charge is 0.377 e. The van der Waals surface area contributed by atoms with Crippen LogP contribution in [0.3, 0.4) is 0 Å². The first kappa shape index (κ1) is 9.97. The summed E-state index contributed by atoms with van der Waals surface area (Å²) in [7, 11) is 0. The normalized spacial score (nSPS) is 31.5. The van der Waals surface area contributed by atoms with Crippen LogP contribution < -0.4 is 5.32 Å². The van der Waals surface area contributed by atoms with E-state index in [1.54, 1.807) is 0 Å². The van der Waals surface area contributed by atoms with E-state index in [0.717, 1.165) is 17.3 Å². The summed E-state index contributed by atoms with van der Waals surface area (Å²) >= 11 is 5.25. The van der Waals surface area contributed by atoms with Gasteiger partial charge in [0.05, 0.1) is 4.99 Å². The molecule has 1 N–H and O–H groups in total. The van der Waals surface area contributed by atoms with E-state index in [-0.39, 0.29) is 0 Å². The van der Waals surface area contributed by atoms with Crippen molar-refractivity contribution in [3.63, 3.8) is 0 Å². The van der Waals surface area contributed by atoms with Crippen LogP contribution >= 0.6 is 12.2 Å². The average Bonchev–Trinajstić information content (AvgIpc) is 2.11. The number of nitrogens with one attached hydrogen (secondary N) is 1. The van der Waals surface area contributed by atoms with Gasteiger partial charge >= 0.3 is 0 Å². The Balaban J connectivity index is 2.52. The maximum atomic E-state index is 5.25.